The first kappa shape index (κ1) is 22.4. The number of aliphatic hydroxyl groups excluding tert-OH is 1. The third-order valence-corrected chi connectivity index (χ3v) is 8.78. The monoisotopic (exact) mass is 448 g/mol. The van der Waals surface area contributed by atoms with Crippen LogP contribution in [0.2, 0.25) is 0 Å². The van der Waals surface area contributed by atoms with Crippen LogP contribution in [0.1, 0.15) is 40.0 Å². The molecular weight excluding hydrogens is 416 g/mol. The zero-order chi connectivity index (χ0) is 22.4. The number of nitrogens with zero attached hydrogens (tertiary/aromatic N) is 2. The number of likely N-dealkylation sites (tertiary alicyclic amines) is 1. The van der Waals surface area contributed by atoms with E-state index in [-0.39, 0.29) is 30.4 Å². The van der Waals surface area contributed by atoms with Crippen LogP contribution in [0.15, 0.2) is 24.3 Å². The molecule has 0 aromatic carbocycles. The van der Waals surface area contributed by atoms with Crippen molar-refractivity contribution in [2.45, 2.75) is 61.6 Å². The van der Waals surface area contributed by atoms with Gasteiger partial charge in [-0.1, -0.05) is 24.3 Å². The molecule has 0 bridgehead atoms. The molecule has 0 aromatic rings. The van der Waals surface area contributed by atoms with Gasteiger partial charge in [-0.2, -0.15) is 0 Å². The number of fused-ring (bicyclic) bond motifs is 2. The molecule has 1 unspecified atom stereocenters. The molecule has 8 heteroatoms. The summed E-state index contributed by atoms with van der Waals surface area (Å²) in [7, 11) is 0. The number of amides is 2. The Balaban J connectivity index is 1.83. The van der Waals surface area contributed by atoms with Crippen LogP contribution in [-0.2, 0) is 19.1 Å². The van der Waals surface area contributed by atoms with Crippen molar-refractivity contribution in [3.8, 4) is 0 Å². The van der Waals surface area contributed by atoms with Gasteiger partial charge in [0.15, 0.2) is 0 Å². The largest absolute Gasteiger partial charge is 0.465 e. The van der Waals surface area contributed by atoms with E-state index in [1.165, 1.54) is 0 Å². The molecule has 1 spiro atoms. The predicted molar refractivity (Wildman–Crippen MR) is 118 cm³/mol. The maximum atomic E-state index is 13.8. The molecule has 4 aliphatic rings. The minimum atomic E-state index is -0.815. The van der Waals surface area contributed by atoms with Crippen molar-refractivity contribution in [1.82, 2.24) is 9.80 Å². The van der Waals surface area contributed by atoms with Gasteiger partial charge in [0.1, 0.15) is 6.04 Å². The molecule has 4 aliphatic heterocycles. The molecule has 1 N–H and O–H groups in total. The second-order valence-corrected chi connectivity index (χ2v) is 11.1. The zero-order valence-electron chi connectivity index (χ0n) is 18.5. The topological polar surface area (TPSA) is 87.2 Å². The van der Waals surface area contributed by atoms with Crippen LogP contribution >= 0.6 is 11.8 Å². The van der Waals surface area contributed by atoms with Gasteiger partial charge in [-0.15, -0.1) is 11.8 Å². The van der Waals surface area contributed by atoms with Gasteiger partial charge in [0.05, 0.1) is 23.2 Å². The number of aliphatic hydroxyl groups is 1. The second kappa shape index (κ2) is 8.28. The summed E-state index contributed by atoms with van der Waals surface area (Å²) in [5, 5.41) is 9.23. The first-order valence-electron chi connectivity index (χ1n) is 11.2. The van der Waals surface area contributed by atoms with E-state index >= 15 is 0 Å². The van der Waals surface area contributed by atoms with E-state index in [2.05, 4.69) is 0 Å². The van der Waals surface area contributed by atoms with E-state index < -0.39 is 27.4 Å². The van der Waals surface area contributed by atoms with Gasteiger partial charge in [-0.25, -0.2) is 0 Å². The maximum Gasteiger partial charge on any atom is 0.311 e. The molecule has 0 saturated carbocycles. The van der Waals surface area contributed by atoms with Gasteiger partial charge in [-0.3, -0.25) is 14.4 Å². The lowest BCUT2D eigenvalue weighted by Gasteiger charge is -2.38. The summed E-state index contributed by atoms with van der Waals surface area (Å²) in [6, 6.07) is -0.664. The highest BCUT2D eigenvalue weighted by molar-refractivity contribution is 8.02. The molecule has 4 heterocycles. The highest BCUT2D eigenvalue weighted by Crippen LogP contribution is 2.65. The summed E-state index contributed by atoms with van der Waals surface area (Å²) < 4.78 is 4.08. The van der Waals surface area contributed by atoms with E-state index in [9.17, 15) is 19.5 Å². The number of hydrogen-bond donors (Lipinski definition) is 1. The molecule has 2 saturated heterocycles. The predicted octanol–water partition coefficient (Wildman–Crippen LogP) is 1.76. The van der Waals surface area contributed by atoms with Crippen molar-refractivity contribution in [3.63, 3.8) is 0 Å². The average Bonchev–Trinajstić information content (AvgIpc) is 3.01. The van der Waals surface area contributed by atoms with Crippen molar-refractivity contribution in [2.75, 3.05) is 26.3 Å². The lowest BCUT2D eigenvalue weighted by molar-refractivity contribution is -0.154. The number of carbonyl (C=O) groups excluding carboxylic acids is 3. The Kier molecular flexibility index (Phi) is 5.98. The van der Waals surface area contributed by atoms with E-state index in [0.29, 0.717) is 39.0 Å². The summed E-state index contributed by atoms with van der Waals surface area (Å²) in [6.45, 7) is 7.17. The number of cyclic esters (lactones) is 1. The van der Waals surface area contributed by atoms with Crippen LogP contribution < -0.4 is 0 Å². The summed E-state index contributed by atoms with van der Waals surface area (Å²) >= 11 is 1.57. The van der Waals surface area contributed by atoms with Crippen molar-refractivity contribution >= 4 is 29.5 Å². The van der Waals surface area contributed by atoms with Gasteiger partial charge in [0, 0.05) is 30.5 Å². The molecule has 2 amide bonds. The summed E-state index contributed by atoms with van der Waals surface area (Å²) in [4.78, 5) is 44.3. The molecule has 2 fully saturated rings. The van der Waals surface area contributed by atoms with E-state index in [1.54, 1.807) is 16.7 Å². The average molecular weight is 449 g/mol. The van der Waals surface area contributed by atoms with Gasteiger partial charge < -0.3 is 19.6 Å². The lowest BCUT2D eigenvalue weighted by atomic mass is 9.74. The Morgan fingerprint density at radius 1 is 1.16 bits per heavy atom. The van der Waals surface area contributed by atoms with Gasteiger partial charge in [0.25, 0.3) is 0 Å². The van der Waals surface area contributed by atoms with Crippen LogP contribution in [-0.4, -0.2) is 80.6 Å². The summed E-state index contributed by atoms with van der Waals surface area (Å²) in [6.07, 6.45) is 9.88. The number of ether oxygens (including phenoxy) is 1. The number of thioether (sulfide) groups is 1. The Morgan fingerprint density at radius 3 is 2.65 bits per heavy atom. The number of carbonyl (C=O) groups is 3. The Hall–Kier alpha value is -1.80. The lowest BCUT2D eigenvalue weighted by Crippen LogP contribution is -2.54. The number of rotatable bonds is 5. The molecule has 0 aliphatic carbocycles. The van der Waals surface area contributed by atoms with Crippen LogP contribution in [0.25, 0.3) is 0 Å². The van der Waals surface area contributed by atoms with Gasteiger partial charge in [0.2, 0.25) is 11.8 Å². The Labute approximate surface area is 187 Å². The minimum Gasteiger partial charge on any atom is -0.465 e. The van der Waals surface area contributed by atoms with Crippen LogP contribution in [0.4, 0.5) is 0 Å². The fraction of sp³-hybridized carbons (Fsp3) is 0.696. The molecule has 31 heavy (non-hydrogen) atoms. The fourth-order valence-corrected chi connectivity index (χ4v) is 7.76. The summed E-state index contributed by atoms with van der Waals surface area (Å²) in [5.41, 5.74) is 0. The van der Waals surface area contributed by atoms with E-state index in [0.717, 1.165) is 0 Å². The van der Waals surface area contributed by atoms with E-state index in [1.807, 2.05) is 50.0 Å². The first-order valence-corrected chi connectivity index (χ1v) is 12.0. The molecule has 4 rings (SSSR count). The van der Waals surface area contributed by atoms with Crippen molar-refractivity contribution < 1.29 is 24.2 Å². The third kappa shape index (κ3) is 3.42. The molecule has 7 nitrogen and oxygen atoms in total. The molecule has 5 atom stereocenters. The normalized spacial score (nSPS) is 37.3. The molecular formula is C23H32N2O5S. The smallest absolute Gasteiger partial charge is 0.311 e. The van der Waals surface area contributed by atoms with Crippen molar-refractivity contribution in [3.05, 3.63) is 24.3 Å². The molecule has 0 aromatic heterocycles. The maximum absolute atomic E-state index is 13.8. The number of hydrogen-bond acceptors (Lipinski definition) is 6. The Morgan fingerprint density at radius 2 is 1.94 bits per heavy atom. The minimum absolute atomic E-state index is 0.00118. The van der Waals surface area contributed by atoms with Crippen LogP contribution in [0, 0.1) is 11.8 Å². The quantitative estimate of drug-likeness (QED) is 0.392. The fourth-order valence-electron chi connectivity index (χ4n) is 5.60. The standard InChI is InChI=1S/C23H32N2O5S/c1-15(2)24-12-8-10-23-16(17-21(29)30-14-7-4-9-22(17,3)31-23)19(27)25(11-5-6-13-26)18(23)20(24)28/h4,8-10,15-18,26H,5-7,11-14H2,1-3H3/t16-,17-,18?,22+,23-/m0/s1. The summed E-state index contributed by atoms with van der Waals surface area (Å²) in [5.74, 6) is -1.86. The SMILES string of the molecule is CC(C)N1CC=C[C@]23S[C@]4(C)C=CCCOC(=O)[C@@H]4[C@H]2C(=O)N(CCCCO)C3C1=O. The van der Waals surface area contributed by atoms with Crippen molar-refractivity contribution in [2.24, 2.45) is 11.8 Å². The highest BCUT2D eigenvalue weighted by atomic mass is 32.2. The molecule has 0 radical (unpaired) electrons. The van der Waals surface area contributed by atoms with E-state index in [4.69, 9.17) is 4.74 Å². The number of esters is 1. The third-order valence-electron chi connectivity index (χ3n) is 6.98. The van der Waals surface area contributed by atoms with Crippen LogP contribution in [0.3, 0.4) is 0 Å². The van der Waals surface area contributed by atoms with Gasteiger partial charge >= 0.3 is 5.97 Å². The zero-order valence-corrected chi connectivity index (χ0v) is 19.3. The second-order valence-electron chi connectivity index (χ2n) is 9.30. The van der Waals surface area contributed by atoms with Crippen molar-refractivity contribution in [1.29, 1.82) is 0 Å². The molecule has 170 valence electrons. The first-order chi connectivity index (χ1) is 14.8. The number of unbranched alkanes of at least 4 members (excludes halogenated alkanes) is 1. The Bertz CT molecular complexity index is 827. The highest BCUT2D eigenvalue weighted by Gasteiger charge is 2.73. The van der Waals surface area contributed by atoms with Gasteiger partial charge in [-0.05, 0) is 40.0 Å². The van der Waals surface area contributed by atoms with Crippen LogP contribution in [0.5, 0.6) is 0 Å².